The van der Waals surface area contributed by atoms with E-state index in [-0.39, 0.29) is 12.5 Å². The van der Waals surface area contributed by atoms with Crippen molar-refractivity contribution in [3.05, 3.63) is 70.9 Å². The second-order valence-corrected chi connectivity index (χ2v) is 7.05. The highest BCUT2D eigenvalue weighted by molar-refractivity contribution is 5.78. The van der Waals surface area contributed by atoms with Gasteiger partial charge in [0, 0.05) is 17.7 Å². The van der Waals surface area contributed by atoms with Crippen molar-refractivity contribution in [2.45, 2.75) is 33.4 Å². The van der Waals surface area contributed by atoms with E-state index in [1.807, 2.05) is 19.1 Å². The Morgan fingerprint density at radius 3 is 2.74 bits per heavy atom. The Morgan fingerprint density at radius 2 is 1.93 bits per heavy atom. The summed E-state index contributed by atoms with van der Waals surface area (Å²) in [6.07, 6.45) is 2.61. The molecule has 1 aliphatic heterocycles. The second-order valence-electron chi connectivity index (χ2n) is 7.05. The summed E-state index contributed by atoms with van der Waals surface area (Å²) in [5.74, 6) is 0.809. The number of benzene rings is 2. The Labute approximate surface area is 159 Å². The van der Waals surface area contributed by atoms with Gasteiger partial charge in [0.15, 0.2) is 0 Å². The van der Waals surface area contributed by atoms with Crippen LogP contribution in [0.25, 0.3) is 11.3 Å². The SMILES string of the molecule is Cc1ccc(CCNC(=O)Cn2ncc3c2-c2cc(C)ccc2OC3)cc1. The fourth-order valence-corrected chi connectivity index (χ4v) is 3.36. The van der Waals surface area contributed by atoms with Crippen LogP contribution in [-0.2, 0) is 24.4 Å². The van der Waals surface area contributed by atoms with Gasteiger partial charge in [0.25, 0.3) is 0 Å². The fourth-order valence-electron chi connectivity index (χ4n) is 3.36. The maximum absolute atomic E-state index is 12.4. The van der Waals surface area contributed by atoms with E-state index in [2.05, 4.69) is 47.7 Å². The van der Waals surface area contributed by atoms with Gasteiger partial charge < -0.3 is 10.1 Å². The Balaban J connectivity index is 1.43. The van der Waals surface area contributed by atoms with Crippen LogP contribution in [0.1, 0.15) is 22.3 Å². The van der Waals surface area contributed by atoms with E-state index >= 15 is 0 Å². The highest BCUT2D eigenvalue weighted by Crippen LogP contribution is 2.37. The molecule has 138 valence electrons. The molecule has 2 aromatic carbocycles. The molecule has 1 aliphatic rings. The zero-order valence-electron chi connectivity index (χ0n) is 15.7. The van der Waals surface area contributed by atoms with Crippen LogP contribution in [0.15, 0.2) is 48.7 Å². The first-order valence-corrected chi connectivity index (χ1v) is 9.21. The predicted octanol–water partition coefficient (Wildman–Crippen LogP) is 3.42. The Kier molecular flexibility index (Phi) is 4.67. The number of nitrogens with one attached hydrogen (secondary N) is 1. The first-order valence-electron chi connectivity index (χ1n) is 9.21. The Bertz CT molecular complexity index is 974. The van der Waals surface area contributed by atoms with Crippen LogP contribution in [0.2, 0.25) is 0 Å². The maximum atomic E-state index is 12.4. The van der Waals surface area contributed by atoms with Crippen LogP contribution in [0.4, 0.5) is 0 Å². The number of hydrogen-bond acceptors (Lipinski definition) is 3. The van der Waals surface area contributed by atoms with Gasteiger partial charge in [-0.15, -0.1) is 0 Å². The van der Waals surface area contributed by atoms with Crippen LogP contribution in [0.5, 0.6) is 5.75 Å². The molecular weight excluding hydrogens is 338 g/mol. The third-order valence-electron chi connectivity index (χ3n) is 4.84. The highest BCUT2D eigenvalue weighted by atomic mass is 16.5. The smallest absolute Gasteiger partial charge is 0.241 e. The number of ether oxygens (including phenoxy) is 1. The molecule has 1 aromatic heterocycles. The van der Waals surface area contributed by atoms with Crippen LogP contribution in [0, 0.1) is 13.8 Å². The van der Waals surface area contributed by atoms with Gasteiger partial charge in [-0.25, -0.2) is 0 Å². The number of rotatable bonds is 5. The molecule has 0 aliphatic carbocycles. The minimum Gasteiger partial charge on any atom is -0.488 e. The molecule has 0 saturated carbocycles. The molecule has 0 fully saturated rings. The molecule has 0 saturated heterocycles. The molecule has 0 spiro atoms. The number of fused-ring (bicyclic) bond motifs is 3. The van der Waals surface area contributed by atoms with E-state index < -0.39 is 0 Å². The van der Waals surface area contributed by atoms with Crippen molar-refractivity contribution in [1.29, 1.82) is 0 Å². The molecule has 27 heavy (non-hydrogen) atoms. The third kappa shape index (κ3) is 3.72. The quantitative estimate of drug-likeness (QED) is 0.758. The normalized spacial score (nSPS) is 12.1. The van der Waals surface area contributed by atoms with E-state index in [9.17, 15) is 4.79 Å². The van der Waals surface area contributed by atoms with Gasteiger partial charge in [-0.05, 0) is 38.0 Å². The van der Waals surface area contributed by atoms with E-state index in [1.54, 1.807) is 10.9 Å². The van der Waals surface area contributed by atoms with Crippen molar-refractivity contribution in [2.75, 3.05) is 6.54 Å². The molecule has 3 aromatic rings. The first-order chi connectivity index (χ1) is 13.1. The van der Waals surface area contributed by atoms with E-state index in [4.69, 9.17) is 4.74 Å². The molecule has 0 atom stereocenters. The standard InChI is InChI=1S/C22H23N3O2/c1-15-3-6-17(7-4-15)9-10-23-21(26)13-25-22-18(12-24-25)14-27-20-8-5-16(2)11-19(20)22/h3-8,11-12H,9-10,13-14H2,1-2H3,(H,23,26). The summed E-state index contributed by atoms with van der Waals surface area (Å²) in [6.45, 7) is 5.43. The molecule has 5 nitrogen and oxygen atoms in total. The zero-order valence-corrected chi connectivity index (χ0v) is 15.7. The van der Waals surface area contributed by atoms with Gasteiger partial charge >= 0.3 is 0 Å². The van der Waals surface area contributed by atoms with Crippen LogP contribution in [-0.4, -0.2) is 22.2 Å². The van der Waals surface area contributed by atoms with Gasteiger partial charge in [0.2, 0.25) is 5.91 Å². The topological polar surface area (TPSA) is 56.2 Å². The van der Waals surface area contributed by atoms with E-state index in [0.717, 1.165) is 34.6 Å². The molecule has 0 radical (unpaired) electrons. The molecule has 0 unspecified atom stereocenters. The van der Waals surface area contributed by atoms with Crippen molar-refractivity contribution in [3.8, 4) is 17.0 Å². The molecule has 0 bridgehead atoms. The van der Waals surface area contributed by atoms with Crippen LogP contribution < -0.4 is 10.1 Å². The summed E-state index contributed by atoms with van der Waals surface area (Å²) in [4.78, 5) is 12.4. The van der Waals surface area contributed by atoms with Crippen LogP contribution in [0.3, 0.4) is 0 Å². The number of aryl methyl sites for hydroxylation is 2. The fraction of sp³-hybridized carbons (Fsp3) is 0.273. The monoisotopic (exact) mass is 361 g/mol. The largest absolute Gasteiger partial charge is 0.488 e. The summed E-state index contributed by atoms with van der Waals surface area (Å²) in [5, 5.41) is 7.41. The molecule has 4 rings (SSSR count). The molecule has 5 heteroatoms. The number of carbonyl (C=O) groups is 1. The Morgan fingerprint density at radius 1 is 1.15 bits per heavy atom. The maximum Gasteiger partial charge on any atom is 0.241 e. The van der Waals surface area contributed by atoms with Crippen molar-refractivity contribution >= 4 is 5.91 Å². The summed E-state index contributed by atoms with van der Waals surface area (Å²) in [6, 6.07) is 14.5. The summed E-state index contributed by atoms with van der Waals surface area (Å²) in [7, 11) is 0. The first kappa shape index (κ1) is 17.3. The summed E-state index contributed by atoms with van der Waals surface area (Å²) < 4.78 is 7.57. The number of nitrogens with zero attached hydrogens (tertiary/aromatic N) is 2. The van der Waals surface area contributed by atoms with Crippen molar-refractivity contribution in [2.24, 2.45) is 0 Å². The van der Waals surface area contributed by atoms with Gasteiger partial charge in [-0.1, -0.05) is 41.5 Å². The lowest BCUT2D eigenvalue weighted by Gasteiger charge is -2.19. The average Bonchev–Trinajstić information content (AvgIpc) is 3.06. The van der Waals surface area contributed by atoms with Crippen molar-refractivity contribution in [1.82, 2.24) is 15.1 Å². The third-order valence-corrected chi connectivity index (χ3v) is 4.84. The minimum absolute atomic E-state index is 0.0336. The molecular formula is C22H23N3O2. The zero-order chi connectivity index (χ0) is 18.8. The summed E-state index contributed by atoms with van der Waals surface area (Å²) >= 11 is 0. The average molecular weight is 361 g/mol. The molecule has 2 heterocycles. The molecule has 1 N–H and O–H groups in total. The van der Waals surface area contributed by atoms with E-state index in [0.29, 0.717) is 13.2 Å². The van der Waals surface area contributed by atoms with Gasteiger partial charge in [-0.2, -0.15) is 5.10 Å². The number of carbonyl (C=O) groups excluding carboxylic acids is 1. The van der Waals surface area contributed by atoms with Gasteiger partial charge in [-0.3, -0.25) is 9.48 Å². The lowest BCUT2D eigenvalue weighted by molar-refractivity contribution is -0.121. The van der Waals surface area contributed by atoms with E-state index in [1.165, 1.54) is 11.1 Å². The number of amides is 1. The highest BCUT2D eigenvalue weighted by Gasteiger charge is 2.23. The van der Waals surface area contributed by atoms with Crippen molar-refractivity contribution in [3.63, 3.8) is 0 Å². The number of hydrogen-bond donors (Lipinski definition) is 1. The lowest BCUT2D eigenvalue weighted by Crippen LogP contribution is -2.30. The predicted molar refractivity (Wildman–Crippen MR) is 105 cm³/mol. The van der Waals surface area contributed by atoms with Gasteiger partial charge in [0.1, 0.15) is 18.9 Å². The number of aromatic nitrogens is 2. The van der Waals surface area contributed by atoms with Gasteiger partial charge in [0.05, 0.1) is 11.9 Å². The van der Waals surface area contributed by atoms with Crippen molar-refractivity contribution < 1.29 is 9.53 Å². The van der Waals surface area contributed by atoms with Crippen LogP contribution >= 0.6 is 0 Å². The second kappa shape index (κ2) is 7.27. The lowest BCUT2D eigenvalue weighted by atomic mass is 10.0. The minimum atomic E-state index is -0.0336. The Hall–Kier alpha value is -3.08. The summed E-state index contributed by atoms with van der Waals surface area (Å²) in [5.41, 5.74) is 6.61. The molecule has 1 amide bonds.